The topological polar surface area (TPSA) is 101 Å². The van der Waals surface area contributed by atoms with Gasteiger partial charge in [0, 0.05) is 12.6 Å². The van der Waals surface area contributed by atoms with Crippen LogP contribution in [-0.4, -0.2) is 46.5 Å². The molecule has 1 aromatic rings. The van der Waals surface area contributed by atoms with Gasteiger partial charge in [-0.2, -0.15) is 5.10 Å². The molecule has 0 spiro atoms. The van der Waals surface area contributed by atoms with Crippen molar-refractivity contribution in [1.29, 1.82) is 0 Å². The van der Waals surface area contributed by atoms with Crippen LogP contribution in [0.3, 0.4) is 0 Å². The van der Waals surface area contributed by atoms with Crippen molar-refractivity contribution < 1.29 is 23.0 Å². The van der Waals surface area contributed by atoms with Crippen molar-refractivity contribution in [3.05, 3.63) is 29.8 Å². The fraction of sp³-hybridized carbons (Fsp3) is 0.417. The maximum absolute atomic E-state index is 13.0. The van der Waals surface area contributed by atoms with Gasteiger partial charge in [0.05, 0.1) is 12.1 Å². The zero-order valence-corrected chi connectivity index (χ0v) is 11.0. The maximum atomic E-state index is 13.0. The summed E-state index contributed by atoms with van der Waals surface area (Å²) in [6, 6.07) is 0.901. The van der Waals surface area contributed by atoms with Crippen LogP contribution in [0.4, 0.5) is 8.78 Å². The SMILES string of the molecule is O=C(NC1=NC2C=C3OC(F)(F)OC3CC2N1)c1ccn[nH]1. The number of aromatic nitrogens is 2. The molecule has 4 rings (SSSR count). The number of alkyl halides is 2. The van der Waals surface area contributed by atoms with Gasteiger partial charge in [-0.05, 0) is 12.1 Å². The molecule has 10 heteroatoms. The number of ether oxygens (including phenoxy) is 2. The highest BCUT2D eigenvalue weighted by Gasteiger charge is 2.51. The number of carbonyl (C=O) groups is 1. The first-order chi connectivity index (χ1) is 10.5. The van der Waals surface area contributed by atoms with Gasteiger partial charge in [-0.3, -0.25) is 19.9 Å². The quantitative estimate of drug-likeness (QED) is 0.682. The van der Waals surface area contributed by atoms with Crippen LogP contribution < -0.4 is 10.6 Å². The molecule has 1 aliphatic carbocycles. The minimum Gasteiger partial charge on any atom is -0.411 e. The minimum absolute atomic E-state index is 0.0814. The van der Waals surface area contributed by atoms with Crippen molar-refractivity contribution in [3.63, 3.8) is 0 Å². The van der Waals surface area contributed by atoms with Crippen molar-refractivity contribution >= 4 is 11.9 Å². The maximum Gasteiger partial charge on any atom is 0.535 e. The molecule has 0 saturated carbocycles. The van der Waals surface area contributed by atoms with Crippen molar-refractivity contribution in [3.8, 4) is 0 Å². The molecule has 22 heavy (non-hydrogen) atoms. The van der Waals surface area contributed by atoms with Gasteiger partial charge in [0.1, 0.15) is 17.6 Å². The van der Waals surface area contributed by atoms with Gasteiger partial charge >= 0.3 is 6.29 Å². The molecule has 0 bridgehead atoms. The van der Waals surface area contributed by atoms with Crippen LogP contribution >= 0.6 is 0 Å². The number of nitrogens with one attached hydrogen (secondary N) is 3. The lowest BCUT2D eigenvalue weighted by molar-refractivity contribution is -0.342. The Morgan fingerprint density at radius 2 is 2.36 bits per heavy atom. The summed E-state index contributed by atoms with van der Waals surface area (Å²) in [6.07, 6.45) is -1.17. The van der Waals surface area contributed by atoms with E-state index in [-0.39, 0.29) is 30.2 Å². The fourth-order valence-corrected chi connectivity index (χ4v) is 2.67. The van der Waals surface area contributed by atoms with Gasteiger partial charge in [0.25, 0.3) is 5.91 Å². The van der Waals surface area contributed by atoms with Crippen LogP contribution in [0.15, 0.2) is 29.1 Å². The molecule has 116 valence electrons. The Balaban J connectivity index is 1.47. The molecule has 1 aromatic heterocycles. The molecular weight excluding hydrogens is 300 g/mol. The molecule has 0 aromatic carbocycles. The number of halogens is 2. The Morgan fingerprint density at radius 1 is 1.50 bits per heavy atom. The molecule has 2 aliphatic heterocycles. The third kappa shape index (κ3) is 2.21. The number of hydrogen-bond donors (Lipinski definition) is 3. The number of aliphatic imine (C=N–C) groups is 1. The Kier molecular flexibility index (Phi) is 2.70. The molecule has 1 amide bonds. The van der Waals surface area contributed by atoms with Crippen LogP contribution in [0.25, 0.3) is 0 Å². The molecule has 8 nitrogen and oxygen atoms in total. The summed E-state index contributed by atoms with van der Waals surface area (Å²) in [5.74, 6) is -0.0367. The second-order valence-electron chi connectivity index (χ2n) is 5.12. The molecule has 3 aliphatic rings. The van der Waals surface area contributed by atoms with Gasteiger partial charge < -0.3 is 10.1 Å². The molecule has 3 heterocycles. The van der Waals surface area contributed by atoms with E-state index in [1.807, 2.05) is 0 Å². The first-order valence-corrected chi connectivity index (χ1v) is 6.61. The number of hydrogen-bond acceptors (Lipinski definition) is 6. The summed E-state index contributed by atoms with van der Waals surface area (Å²) in [5, 5.41) is 11.8. The number of H-pyrrole nitrogens is 1. The predicted molar refractivity (Wildman–Crippen MR) is 67.8 cm³/mol. The summed E-state index contributed by atoms with van der Waals surface area (Å²) in [5.41, 5.74) is 0.293. The van der Waals surface area contributed by atoms with E-state index in [1.165, 1.54) is 18.3 Å². The lowest BCUT2D eigenvalue weighted by atomic mass is 9.95. The van der Waals surface area contributed by atoms with E-state index in [0.717, 1.165) is 0 Å². The lowest BCUT2D eigenvalue weighted by Gasteiger charge is -2.23. The van der Waals surface area contributed by atoms with E-state index in [4.69, 9.17) is 0 Å². The number of aromatic amines is 1. The van der Waals surface area contributed by atoms with Crippen molar-refractivity contribution in [1.82, 2.24) is 20.8 Å². The van der Waals surface area contributed by atoms with Gasteiger partial charge in [-0.25, -0.2) is 4.99 Å². The number of fused-ring (bicyclic) bond motifs is 2. The van der Waals surface area contributed by atoms with Gasteiger partial charge in [-0.1, -0.05) is 0 Å². The van der Waals surface area contributed by atoms with Crippen molar-refractivity contribution in [2.24, 2.45) is 4.99 Å². The van der Waals surface area contributed by atoms with Crippen LogP contribution in [-0.2, 0) is 9.47 Å². The summed E-state index contributed by atoms with van der Waals surface area (Å²) >= 11 is 0. The van der Waals surface area contributed by atoms with Crippen LogP contribution in [0, 0.1) is 0 Å². The molecular formula is C12H11F2N5O3. The largest absolute Gasteiger partial charge is 0.535 e. The molecule has 1 saturated heterocycles. The van der Waals surface area contributed by atoms with Crippen molar-refractivity contribution in [2.45, 2.75) is 30.9 Å². The highest BCUT2D eigenvalue weighted by atomic mass is 19.3. The van der Waals surface area contributed by atoms with Crippen LogP contribution in [0.2, 0.25) is 0 Å². The Morgan fingerprint density at radius 3 is 3.14 bits per heavy atom. The first kappa shape index (κ1) is 13.2. The standard InChI is InChI=1S/C12H11F2N5O3/c13-12(14)21-8-3-6-7(4-9(8)22-12)17-11(16-6)18-10(20)5-1-2-15-19-5/h1-3,6-7,9H,4H2,(H,15,19)(H2,16,17,18,20). The van der Waals surface area contributed by atoms with Gasteiger partial charge in [0.15, 0.2) is 5.96 Å². The van der Waals surface area contributed by atoms with Crippen LogP contribution in [0.5, 0.6) is 0 Å². The Hall–Kier alpha value is -2.49. The Labute approximate surface area is 122 Å². The van der Waals surface area contributed by atoms with E-state index in [2.05, 4.69) is 35.3 Å². The monoisotopic (exact) mass is 311 g/mol. The summed E-state index contributed by atoms with van der Waals surface area (Å²) < 4.78 is 35.0. The van der Waals surface area contributed by atoms with E-state index in [1.54, 1.807) is 0 Å². The highest BCUT2D eigenvalue weighted by Crippen LogP contribution is 2.40. The van der Waals surface area contributed by atoms with E-state index in [9.17, 15) is 13.6 Å². The summed E-state index contributed by atoms with van der Waals surface area (Å²) in [6.45, 7) is 0. The first-order valence-electron chi connectivity index (χ1n) is 6.61. The number of amides is 1. The smallest absolute Gasteiger partial charge is 0.411 e. The average molecular weight is 311 g/mol. The zero-order chi connectivity index (χ0) is 15.3. The number of guanidine groups is 1. The lowest BCUT2D eigenvalue weighted by Crippen LogP contribution is -2.45. The molecule has 3 N–H and O–H groups in total. The number of rotatable bonds is 1. The predicted octanol–water partition coefficient (Wildman–Crippen LogP) is 0.0892. The van der Waals surface area contributed by atoms with E-state index in [0.29, 0.717) is 5.69 Å². The second kappa shape index (κ2) is 4.50. The second-order valence-corrected chi connectivity index (χ2v) is 5.12. The van der Waals surface area contributed by atoms with E-state index >= 15 is 0 Å². The van der Waals surface area contributed by atoms with Gasteiger partial charge in [-0.15, -0.1) is 8.78 Å². The molecule has 3 unspecified atom stereocenters. The van der Waals surface area contributed by atoms with Crippen molar-refractivity contribution in [2.75, 3.05) is 0 Å². The molecule has 0 radical (unpaired) electrons. The number of nitrogens with zero attached hydrogens (tertiary/aromatic N) is 2. The van der Waals surface area contributed by atoms with Gasteiger partial charge in [0.2, 0.25) is 0 Å². The van der Waals surface area contributed by atoms with E-state index < -0.39 is 18.3 Å². The third-order valence-corrected chi connectivity index (χ3v) is 3.63. The summed E-state index contributed by atoms with van der Waals surface area (Å²) in [4.78, 5) is 16.1. The molecule has 1 fully saturated rings. The number of carbonyl (C=O) groups excluding carboxylic acids is 1. The highest BCUT2D eigenvalue weighted by molar-refractivity contribution is 6.05. The third-order valence-electron chi connectivity index (χ3n) is 3.63. The fourth-order valence-electron chi connectivity index (χ4n) is 2.67. The van der Waals surface area contributed by atoms with Crippen LogP contribution in [0.1, 0.15) is 16.9 Å². The Bertz CT molecular complexity index is 672. The summed E-state index contributed by atoms with van der Waals surface area (Å²) in [7, 11) is 0. The zero-order valence-electron chi connectivity index (χ0n) is 11.0. The minimum atomic E-state index is -3.59. The molecule has 3 atom stereocenters. The normalized spacial score (nSPS) is 31.3. The average Bonchev–Trinajstić information content (AvgIpc) is 3.11.